The first-order valence-electron chi connectivity index (χ1n) is 4.88. The topological polar surface area (TPSA) is 37.3 Å². The Morgan fingerprint density at radius 2 is 2.38 bits per heavy atom. The van der Waals surface area contributed by atoms with Gasteiger partial charge in [-0.05, 0) is 24.7 Å². The summed E-state index contributed by atoms with van der Waals surface area (Å²) in [6, 6.07) is 0. The Hall–Kier alpha value is -0.630. The Labute approximate surface area is 78.6 Å². The van der Waals surface area contributed by atoms with Crippen molar-refractivity contribution in [2.45, 2.75) is 38.2 Å². The van der Waals surface area contributed by atoms with E-state index >= 15 is 0 Å². The molecule has 3 fully saturated rings. The van der Waals surface area contributed by atoms with Gasteiger partial charge in [0.1, 0.15) is 5.78 Å². The third kappa shape index (κ3) is 1.16. The lowest BCUT2D eigenvalue weighted by atomic mass is 9.54. The summed E-state index contributed by atoms with van der Waals surface area (Å²) in [7, 11) is 0. The van der Waals surface area contributed by atoms with E-state index in [0.717, 1.165) is 12.8 Å². The maximum absolute atomic E-state index is 11.6. The lowest BCUT2D eigenvalue weighted by Crippen LogP contribution is -2.54. The van der Waals surface area contributed by atoms with Gasteiger partial charge in [-0.1, -0.05) is 13.0 Å². The van der Waals surface area contributed by atoms with Crippen LogP contribution in [0.5, 0.6) is 0 Å². The fourth-order valence-electron chi connectivity index (χ4n) is 2.99. The zero-order valence-electron chi connectivity index (χ0n) is 8.05. The van der Waals surface area contributed by atoms with Gasteiger partial charge in [0, 0.05) is 6.42 Å². The molecular weight excluding hydrogens is 164 g/mol. The van der Waals surface area contributed by atoms with Crippen molar-refractivity contribution in [2.24, 2.45) is 11.3 Å². The van der Waals surface area contributed by atoms with Crippen LogP contribution >= 0.6 is 0 Å². The lowest BCUT2D eigenvalue weighted by molar-refractivity contribution is -0.152. The van der Waals surface area contributed by atoms with E-state index < -0.39 is 5.60 Å². The molecule has 72 valence electrons. The van der Waals surface area contributed by atoms with Gasteiger partial charge in [0.25, 0.3) is 0 Å². The first-order chi connectivity index (χ1) is 5.99. The maximum Gasteiger partial charge on any atom is 0.139 e. The van der Waals surface area contributed by atoms with E-state index in [0.29, 0.717) is 12.8 Å². The minimum Gasteiger partial charge on any atom is -0.385 e. The smallest absolute Gasteiger partial charge is 0.139 e. The highest BCUT2D eigenvalue weighted by molar-refractivity contribution is 5.85. The Kier molecular flexibility index (Phi) is 1.68. The molecule has 13 heavy (non-hydrogen) atoms. The summed E-state index contributed by atoms with van der Waals surface area (Å²) in [5, 5.41) is 10.2. The Morgan fingerprint density at radius 1 is 1.69 bits per heavy atom. The Morgan fingerprint density at radius 3 is 2.85 bits per heavy atom. The van der Waals surface area contributed by atoms with Crippen LogP contribution in [-0.2, 0) is 4.79 Å². The molecule has 2 nitrogen and oxygen atoms in total. The van der Waals surface area contributed by atoms with Gasteiger partial charge in [0.15, 0.2) is 0 Å². The maximum atomic E-state index is 11.6. The molecule has 3 aliphatic rings. The fourth-order valence-corrected chi connectivity index (χ4v) is 2.99. The number of carbonyl (C=O) groups excluding carboxylic acids is 1. The third-order valence-electron chi connectivity index (χ3n) is 3.69. The monoisotopic (exact) mass is 180 g/mol. The summed E-state index contributed by atoms with van der Waals surface area (Å²) < 4.78 is 0. The van der Waals surface area contributed by atoms with Crippen LogP contribution in [-0.4, -0.2) is 16.5 Å². The minimum atomic E-state index is -0.914. The van der Waals surface area contributed by atoms with Gasteiger partial charge in [-0.25, -0.2) is 0 Å². The number of hydrogen-bond acceptors (Lipinski definition) is 2. The summed E-state index contributed by atoms with van der Waals surface area (Å²) in [6.07, 6.45) is 4.82. The molecule has 0 saturated heterocycles. The van der Waals surface area contributed by atoms with Crippen LogP contribution in [0.15, 0.2) is 12.7 Å². The fraction of sp³-hybridized carbons (Fsp3) is 0.727. The van der Waals surface area contributed by atoms with Crippen molar-refractivity contribution < 1.29 is 9.90 Å². The minimum absolute atomic E-state index is 0.0226. The highest BCUT2D eigenvalue weighted by Crippen LogP contribution is 2.53. The van der Waals surface area contributed by atoms with E-state index in [9.17, 15) is 9.90 Å². The predicted molar refractivity (Wildman–Crippen MR) is 50.2 cm³/mol. The first kappa shape index (κ1) is 8.95. The normalized spacial score (nSPS) is 49.4. The first-order valence-corrected chi connectivity index (χ1v) is 4.88. The van der Waals surface area contributed by atoms with Gasteiger partial charge in [0.05, 0.1) is 11.5 Å². The van der Waals surface area contributed by atoms with E-state index in [2.05, 4.69) is 13.5 Å². The van der Waals surface area contributed by atoms with Crippen molar-refractivity contribution in [3.63, 3.8) is 0 Å². The molecule has 0 unspecified atom stereocenters. The van der Waals surface area contributed by atoms with E-state index in [-0.39, 0.29) is 17.1 Å². The molecule has 2 bridgehead atoms. The van der Waals surface area contributed by atoms with E-state index in [1.165, 1.54) is 0 Å². The average Bonchev–Trinajstić information content (AvgIpc) is 2.02. The second kappa shape index (κ2) is 2.44. The molecule has 3 aliphatic carbocycles. The number of aliphatic hydroxyl groups is 1. The number of rotatable bonds is 1. The number of Topliss-reactive ketones (excluding diaryl/α,β-unsaturated/α-hetero) is 1. The summed E-state index contributed by atoms with van der Waals surface area (Å²) in [4.78, 5) is 11.6. The van der Waals surface area contributed by atoms with Crippen molar-refractivity contribution >= 4 is 5.78 Å². The zero-order valence-corrected chi connectivity index (χ0v) is 8.05. The van der Waals surface area contributed by atoms with Gasteiger partial charge in [-0.3, -0.25) is 4.79 Å². The lowest BCUT2D eigenvalue weighted by Gasteiger charge is -2.51. The quantitative estimate of drug-likeness (QED) is 0.623. The summed E-state index contributed by atoms with van der Waals surface area (Å²) >= 11 is 0. The second-order valence-electron chi connectivity index (χ2n) is 4.92. The average molecular weight is 180 g/mol. The van der Waals surface area contributed by atoms with Gasteiger partial charge in [-0.2, -0.15) is 0 Å². The third-order valence-corrected chi connectivity index (χ3v) is 3.69. The predicted octanol–water partition coefficient (Wildman–Crippen LogP) is 1.68. The number of carbonyl (C=O) groups is 1. The van der Waals surface area contributed by atoms with Gasteiger partial charge < -0.3 is 5.11 Å². The number of fused-ring (bicyclic) bond motifs is 3. The Balaban J connectivity index is 2.37. The van der Waals surface area contributed by atoms with Crippen molar-refractivity contribution in [3.8, 4) is 0 Å². The molecule has 0 aromatic carbocycles. The van der Waals surface area contributed by atoms with Crippen LogP contribution in [0, 0.1) is 11.3 Å². The van der Waals surface area contributed by atoms with Crippen molar-refractivity contribution in [1.29, 1.82) is 0 Å². The van der Waals surface area contributed by atoms with Gasteiger partial charge >= 0.3 is 0 Å². The number of hydrogen-bond donors (Lipinski definition) is 1. The molecule has 2 heteroatoms. The highest BCUT2D eigenvalue weighted by atomic mass is 16.3. The van der Waals surface area contributed by atoms with E-state index in [1.807, 2.05) is 0 Å². The summed E-state index contributed by atoms with van der Waals surface area (Å²) in [5.41, 5.74) is -0.892. The molecule has 1 N–H and O–H groups in total. The molecular formula is C11H16O2. The van der Waals surface area contributed by atoms with Crippen LogP contribution in [0.3, 0.4) is 0 Å². The van der Waals surface area contributed by atoms with Gasteiger partial charge in [-0.15, -0.1) is 6.58 Å². The van der Waals surface area contributed by atoms with Gasteiger partial charge in [0.2, 0.25) is 0 Å². The van der Waals surface area contributed by atoms with Crippen LogP contribution in [0.1, 0.15) is 32.6 Å². The highest BCUT2D eigenvalue weighted by Gasteiger charge is 2.54. The Bertz CT molecular complexity index is 271. The molecule has 0 radical (unpaired) electrons. The van der Waals surface area contributed by atoms with E-state index in [4.69, 9.17) is 0 Å². The van der Waals surface area contributed by atoms with Crippen molar-refractivity contribution in [1.82, 2.24) is 0 Å². The van der Waals surface area contributed by atoms with Crippen LogP contribution in [0.4, 0.5) is 0 Å². The molecule has 0 aromatic heterocycles. The number of ketones is 1. The van der Waals surface area contributed by atoms with E-state index in [1.54, 1.807) is 6.08 Å². The zero-order chi connectivity index (χ0) is 9.69. The molecule has 0 heterocycles. The second-order valence-corrected chi connectivity index (χ2v) is 4.92. The SMILES string of the molecule is C=C[C@]1(O)C[C@@]2(C)CC[C@H]1C(=O)C2. The molecule has 3 atom stereocenters. The van der Waals surface area contributed by atoms with Crippen LogP contribution < -0.4 is 0 Å². The van der Waals surface area contributed by atoms with Crippen molar-refractivity contribution in [2.75, 3.05) is 0 Å². The standard InChI is InChI=1S/C11H16O2/c1-3-11(13)7-10(2)5-4-8(11)9(12)6-10/h3,8,13H,1,4-7H2,2H3/t8-,10-,11-/m0/s1. The molecule has 0 aliphatic heterocycles. The summed E-state index contributed by atoms with van der Waals surface area (Å²) in [6.45, 7) is 5.73. The van der Waals surface area contributed by atoms with Crippen molar-refractivity contribution in [3.05, 3.63) is 12.7 Å². The summed E-state index contributed by atoms with van der Waals surface area (Å²) in [5.74, 6) is 0.0502. The van der Waals surface area contributed by atoms with Crippen LogP contribution in [0.2, 0.25) is 0 Å². The van der Waals surface area contributed by atoms with Crippen LogP contribution in [0.25, 0.3) is 0 Å². The molecule has 3 rings (SSSR count). The molecule has 0 spiro atoms. The molecule has 0 aromatic rings. The largest absolute Gasteiger partial charge is 0.385 e. The molecule has 3 saturated carbocycles. The molecule has 0 amide bonds.